The third-order valence-corrected chi connectivity index (χ3v) is 5.50. The van der Waals surface area contributed by atoms with Crippen molar-refractivity contribution in [3.63, 3.8) is 0 Å². The normalized spacial score (nSPS) is 30.1. The molecule has 0 bridgehead atoms. The van der Waals surface area contributed by atoms with Crippen molar-refractivity contribution in [2.24, 2.45) is 11.7 Å². The highest BCUT2D eigenvalue weighted by Crippen LogP contribution is 2.37. The molecule has 1 aromatic rings. The van der Waals surface area contributed by atoms with Gasteiger partial charge >= 0.3 is 0 Å². The van der Waals surface area contributed by atoms with Gasteiger partial charge < -0.3 is 10.8 Å². The largest absolute Gasteiger partial charge is 0.388 e. The van der Waals surface area contributed by atoms with Crippen molar-refractivity contribution in [1.29, 1.82) is 0 Å². The molecule has 0 amide bonds. The van der Waals surface area contributed by atoms with Gasteiger partial charge in [-0.15, -0.1) is 0 Å². The van der Waals surface area contributed by atoms with E-state index in [2.05, 4.69) is 29.2 Å². The molecule has 2 atom stereocenters. The van der Waals surface area contributed by atoms with Crippen LogP contribution in [0.3, 0.4) is 0 Å². The molecule has 1 aromatic carbocycles. The summed E-state index contributed by atoms with van der Waals surface area (Å²) in [7, 11) is 0. The Hall–Kier alpha value is -0.900. The van der Waals surface area contributed by atoms with Crippen LogP contribution in [-0.2, 0) is 13.0 Å². The molecule has 21 heavy (non-hydrogen) atoms. The number of aryl methyl sites for hydroxylation is 1. The fourth-order valence-corrected chi connectivity index (χ4v) is 4.11. The van der Waals surface area contributed by atoms with Crippen molar-refractivity contribution in [1.82, 2.24) is 4.90 Å². The van der Waals surface area contributed by atoms with E-state index in [1.807, 2.05) is 0 Å². The van der Waals surface area contributed by atoms with Gasteiger partial charge in [-0.05, 0) is 62.2 Å². The molecular formula is C18H28N2O. The molecule has 1 aliphatic carbocycles. The second kappa shape index (κ2) is 6.47. The van der Waals surface area contributed by atoms with Crippen LogP contribution in [0.25, 0.3) is 0 Å². The van der Waals surface area contributed by atoms with Crippen LogP contribution in [0.1, 0.15) is 43.2 Å². The van der Waals surface area contributed by atoms with Crippen LogP contribution in [-0.4, -0.2) is 35.2 Å². The lowest BCUT2D eigenvalue weighted by molar-refractivity contribution is 0.00433. The summed E-state index contributed by atoms with van der Waals surface area (Å²) in [6, 6.07) is 8.82. The van der Waals surface area contributed by atoms with E-state index in [-0.39, 0.29) is 0 Å². The van der Waals surface area contributed by atoms with Gasteiger partial charge in [0.2, 0.25) is 0 Å². The Kier molecular flexibility index (Phi) is 4.63. The van der Waals surface area contributed by atoms with Crippen LogP contribution in [0.2, 0.25) is 0 Å². The third kappa shape index (κ3) is 3.31. The van der Waals surface area contributed by atoms with Crippen molar-refractivity contribution in [2.75, 3.05) is 19.6 Å². The van der Waals surface area contributed by atoms with Crippen LogP contribution in [0.15, 0.2) is 24.3 Å². The van der Waals surface area contributed by atoms with E-state index >= 15 is 0 Å². The Balaban J connectivity index is 1.59. The predicted octanol–water partition coefficient (Wildman–Crippen LogP) is 2.31. The Morgan fingerprint density at radius 3 is 2.86 bits per heavy atom. The van der Waals surface area contributed by atoms with Crippen molar-refractivity contribution < 1.29 is 5.11 Å². The number of nitrogens with two attached hydrogens (primary N) is 1. The molecule has 3 nitrogen and oxygen atoms in total. The third-order valence-electron chi connectivity index (χ3n) is 5.50. The molecule has 1 aliphatic heterocycles. The second-order valence-corrected chi connectivity index (χ2v) is 6.83. The summed E-state index contributed by atoms with van der Waals surface area (Å²) < 4.78 is 0. The molecular weight excluding hydrogens is 260 g/mol. The first kappa shape index (κ1) is 15.0. The molecule has 3 N–H and O–H groups in total. The van der Waals surface area contributed by atoms with Crippen LogP contribution < -0.4 is 5.73 Å². The molecule has 3 heteroatoms. The van der Waals surface area contributed by atoms with Gasteiger partial charge in [0.25, 0.3) is 0 Å². The van der Waals surface area contributed by atoms with Gasteiger partial charge in [-0.1, -0.05) is 30.7 Å². The average molecular weight is 288 g/mol. The summed E-state index contributed by atoms with van der Waals surface area (Å²) in [6.45, 7) is 3.73. The number of fused-ring (bicyclic) bond motifs is 1. The minimum Gasteiger partial charge on any atom is -0.388 e. The van der Waals surface area contributed by atoms with Crippen LogP contribution in [0.5, 0.6) is 0 Å². The monoisotopic (exact) mass is 288 g/mol. The smallest absolute Gasteiger partial charge is 0.0797 e. The maximum Gasteiger partial charge on any atom is 0.0797 e. The van der Waals surface area contributed by atoms with Gasteiger partial charge in [0.15, 0.2) is 0 Å². The molecule has 3 rings (SSSR count). The first-order chi connectivity index (χ1) is 10.2. The Morgan fingerprint density at radius 2 is 2.05 bits per heavy atom. The SMILES string of the molecule is NCC1(O)CCCC1CCN1CCCc2ccccc2C1. The van der Waals surface area contributed by atoms with Crippen molar-refractivity contribution in [3.05, 3.63) is 35.4 Å². The van der Waals surface area contributed by atoms with E-state index in [1.54, 1.807) is 0 Å². The highest BCUT2D eigenvalue weighted by molar-refractivity contribution is 5.28. The fourth-order valence-electron chi connectivity index (χ4n) is 4.11. The fraction of sp³-hybridized carbons (Fsp3) is 0.667. The van der Waals surface area contributed by atoms with Gasteiger partial charge in [-0.3, -0.25) is 4.90 Å². The minimum atomic E-state index is -0.593. The lowest BCUT2D eigenvalue weighted by atomic mass is 9.88. The van der Waals surface area contributed by atoms with Crippen LogP contribution >= 0.6 is 0 Å². The summed E-state index contributed by atoms with van der Waals surface area (Å²) in [4.78, 5) is 2.56. The summed E-state index contributed by atoms with van der Waals surface area (Å²) in [6.07, 6.45) is 6.66. The van der Waals surface area contributed by atoms with E-state index in [1.165, 1.54) is 30.5 Å². The molecule has 116 valence electrons. The molecule has 1 saturated carbocycles. The maximum absolute atomic E-state index is 10.6. The lowest BCUT2D eigenvalue weighted by Gasteiger charge is -2.30. The zero-order chi connectivity index (χ0) is 14.7. The van der Waals surface area contributed by atoms with Crippen molar-refractivity contribution in [3.8, 4) is 0 Å². The molecule has 0 radical (unpaired) electrons. The predicted molar refractivity (Wildman–Crippen MR) is 86.0 cm³/mol. The number of aliphatic hydroxyl groups is 1. The van der Waals surface area contributed by atoms with Gasteiger partial charge in [0.1, 0.15) is 0 Å². The van der Waals surface area contributed by atoms with Crippen LogP contribution in [0.4, 0.5) is 0 Å². The second-order valence-electron chi connectivity index (χ2n) is 6.83. The molecule has 1 fully saturated rings. The molecule has 1 heterocycles. The van der Waals surface area contributed by atoms with E-state index in [0.717, 1.165) is 38.8 Å². The zero-order valence-electron chi connectivity index (χ0n) is 12.9. The highest BCUT2D eigenvalue weighted by Gasteiger charge is 2.39. The number of benzene rings is 1. The number of hydrogen-bond acceptors (Lipinski definition) is 3. The first-order valence-corrected chi connectivity index (χ1v) is 8.43. The average Bonchev–Trinajstić information content (AvgIpc) is 2.75. The van der Waals surface area contributed by atoms with Crippen molar-refractivity contribution in [2.45, 2.75) is 50.7 Å². The number of hydrogen-bond donors (Lipinski definition) is 2. The summed E-state index contributed by atoms with van der Waals surface area (Å²) in [5, 5.41) is 10.6. The van der Waals surface area contributed by atoms with E-state index in [4.69, 9.17) is 5.73 Å². The molecule has 2 aliphatic rings. The topological polar surface area (TPSA) is 49.5 Å². The highest BCUT2D eigenvalue weighted by atomic mass is 16.3. The van der Waals surface area contributed by atoms with E-state index < -0.39 is 5.60 Å². The Labute approximate surface area is 128 Å². The van der Waals surface area contributed by atoms with Gasteiger partial charge in [-0.2, -0.15) is 0 Å². The van der Waals surface area contributed by atoms with Crippen LogP contribution in [0, 0.1) is 5.92 Å². The molecule has 0 saturated heterocycles. The Bertz CT molecular complexity index is 476. The zero-order valence-corrected chi connectivity index (χ0v) is 12.9. The van der Waals surface area contributed by atoms with E-state index in [9.17, 15) is 5.11 Å². The summed E-state index contributed by atoms with van der Waals surface area (Å²) in [5.74, 6) is 0.390. The van der Waals surface area contributed by atoms with Gasteiger partial charge in [0, 0.05) is 13.1 Å². The van der Waals surface area contributed by atoms with E-state index in [0.29, 0.717) is 12.5 Å². The molecule has 2 unspecified atom stereocenters. The maximum atomic E-state index is 10.6. The summed E-state index contributed by atoms with van der Waals surface area (Å²) in [5.41, 5.74) is 8.19. The summed E-state index contributed by atoms with van der Waals surface area (Å²) >= 11 is 0. The minimum absolute atomic E-state index is 0.390. The number of nitrogens with zero attached hydrogens (tertiary/aromatic N) is 1. The van der Waals surface area contributed by atoms with Gasteiger partial charge in [-0.25, -0.2) is 0 Å². The molecule has 0 aromatic heterocycles. The standard InChI is InChI=1S/C18H28N2O/c19-14-18(21)10-3-8-17(18)9-12-20-11-4-7-15-5-1-2-6-16(15)13-20/h1-2,5-6,17,21H,3-4,7-14,19H2. The Morgan fingerprint density at radius 1 is 1.24 bits per heavy atom. The van der Waals surface area contributed by atoms with Crippen molar-refractivity contribution >= 4 is 0 Å². The number of rotatable bonds is 4. The van der Waals surface area contributed by atoms with Gasteiger partial charge in [0.05, 0.1) is 5.60 Å². The lowest BCUT2D eigenvalue weighted by Crippen LogP contribution is -2.42. The molecule has 0 spiro atoms. The first-order valence-electron chi connectivity index (χ1n) is 8.43. The quantitative estimate of drug-likeness (QED) is 0.894.